The van der Waals surface area contributed by atoms with Crippen LogP contribution >= 0.6 is 0 Å². The molecular weight excluding hydrogens is 500 g/mol. The molecule has 4 rings (SSSR count). The van der Waals surface area contributed by atoms with Crippen molar-refractivity contribution >= 4 is 40.7 Å². The zero-order valence-electron chi connectivity index (χ0n) is 24.4. The molecule has 1 aliphatic rings. The summed E-state index contributed by atoms with van der Waals surface area (Å²) in [5, 5.41) is 8.22. The van der Waals surface area contributed by atoms with Gasteiger partial charge in [-0.3, -0.25) is 14.7 Å². The van der Waals surface area contributed by atoms with Gasteiger partial charge in [-0.25, -0.2) is 15.0 Å². The van der Waals surface area contributed by atoms with E-state index in [1.165, 1.54) is 0 Å². The minimum Gasteiger partial charge on any atom is -0.364 e. The molecule has 1 saturated heterocycles. The number of aliphatic imine (C=N–C) groups is 2. The fraction of sp³-hybridized carbons (Fsp3) is 0.387. The van der Waals surface area contributed by atoms with Gasteiger partial charge in [-0.05, 0) is 83.5 Å². The van der Waals surface area contributed by atoms with Crippen LogP contribution in [0.4, 0.5) is 11.6 Å². The van der Waals surface area contributed by atoms with Gasteiger partial charge >= 0.3 is 0 Å². The van der Waals surface area contributed by atoms with Gasteiger partial charge in [0.1, 0.15) is 17.5 Å². The predicted molar refractivity (Wildman–Crippen MR) is 166 cm³/mol. The SMILES string of the molecule is C=N/C=C(\N=C(C)c1ccc2cnc(NC(=O)c3ccnc(N4CCN(C(C)C)CC4)c3)cc2c1)NC(C)(C)C. The van der Waals surface area contributed by atoms with Crippen LogP contribution < -0.4 is 15.5 Å². The summed E-state index contributed by atoms with van der Waals surface area (Å²) in [6, 6.07) is 12.1. The summed E-state index contributed by atoms with van der Waals surface area (Å²) in [6.07, 6.45) is 5.07. The van der Waals surface area contributed by atoms with E-state index in [4.69, 9.17) is 4.99 Å². The zero-order chi connectivity index (χ0) is 28.9. The zero-order valence-corrected chi connectivity index (χ0v) is 24.4. The van der Waals surface area contributed by atoms with Crippen molar-refractivity contribution in [2.75, 3.05) is 36.4 Å². The number of piperazine rings is 1. The Bertz CT molecular complexity index is 1430. The van der Waals surface area contributed by atoms with Crippen LogP contribution in [-0.2, 0) is 0 Å². The third-order valence-electron chi connectivity index (χ3n) is 6.76. The Morgan fingerprint density at radius 2 is 1.77 bits per heavy atom. The van der Waals surface area contributed by atoms with Crippen molar-refractivity contribution in [2.45, 2.75) is 53.1 Å². The molecule has 2 aromatic heterocycles. The molecule has 0 unspecified atom stereocenters. The lowest BCUT2D eigenvalue weighted by Gasteiger charge is -2.37. The first-order valence-corrected chi connectivity index (χ1v) is 13.7. The second-order valence-electron chi connectivity index (χ2n) is 11.4. The van der Waals surface area contributed by atoms with E-state index in [-0.39, 0.29) is 11.4 Å². The number of pyridine rings is 2. The van der Waals surface area contributed by atoms with Crippen LogP contribution in [0.5, 0.6) is 0 Å². The van der Waals surface area contributed by atoms with Crippen molar-refractivity contribution in [2.24, 2.45) is 9.98 Å². The third kappa shape index (κ3) is 7.51. The Kier molecular flexibility index (Phi) is 8.94. The second-order valence-corrected chi connectivity index (χ2v) is 11.4. The first kappa shape index (κ1) is 28.9. The normalized spacial score (nSPS) is 15.4. The Labute approximate surface area is 237 Å². The van der Waals surface area contributed by atoms with Crippen molar-refractivity contribution in [3.05, 3.63) is 71.9 Å². The van der Waals surface area contributed by atoms with E-state index in [0.29, 0.717) is 23.2 Å². The summed E-state index contributed by atoms with van der Waals surface area (Å²) in [5.74, 6) is 1.73. The number of carbonyl (C=O) groups is 1. The molecule has 210 valence electrons. The average molecular weight is 541 g/mol. The van der Waals surface area contributed by atoms with E-state index in [9.17, 15) is 4.79 Å². The fourth-order valence-corrected chi connectivity index (χ4v) is 4.63. The first-order valence-electron chi connectivity index (χ1n) is 13.7. The van der Waals surface area contributed by atoms with Gasteiger partial charge in [-0.1, -0.05) is 12.1 Å². The smallest absolute Gasteiger partial charge is 0.257 e. The molecule has 1 fully saturated rings. The topological polar surface area (TPSA) is 98.1 Å². The highest BCUT2D eigenvalue weighted by Crippen LogP contribution is 2.21. The molecule has 0 radical (unpaired) electrons. The Morgan fingerprint density at radius 3 is 2.45 bits per heavy atom. The van der Waals surface area contributed by atoms with Crippen molar-refractivity contribution < 1.29 is 4.79 Å². The number of benzene rings is 1. The third-order valence-corrected chi connectivity index (χ3v) is 6.76. The van der Waals surface area contributed by atoms with Crippen LogP contribution in [0.15, 0.2) is 70.8 Å². The molecule has 2 N–H and O–H groups in total. The summed E-state index contributed by atoms with van der Waals surface area (Å²) in [6.45, 7) is 19.9. The summed E-state index contributed by atoms with van der Waals surface area (Å²) in [7, 11) is 0. The highest BCUT2D eigenvalue weighted by atomic mass is 16.1. The summed E-state index contributed by atoms with van der Waals surface area (Å²) in [4.78, 5) is 35.4. The molecule has 9 heteroatoms. The van der Waals surface area contributed by atoms with Gasteiger partial charge < -0.3 is 15.5 Å². The maximum Gasteiger partial charge on any atom is 0.257 e. The van der Waals surface area contributed by atoms with Gasteiger partial charge in [0.15, 0.2) is 0 Å². The number of nitrogens with zero attached hydrogens (tertiary/aromatic N) is 6. The second kappa shape index (κ2) is 12.4. The average Bonchev–Trinajstić information content (AvgIpc) is 2.92. The summed E-state index contributed by atoms with van der Waals surface area (Å²) in [5.41, 5.74) is 2.17. The lowest BCUT2D eigenvalue weighted by atomic mass is 10.1. The van der Waals surface area contributed by atoms with Crippen molar-refractivity contribution in [1.82, 2.24) is 20.2 Å². The van der Waals surface area contributed by atoms with Gasteiger partial charge in [0, 0.05) is 66.8 Å². The summed E-state index contributed by atoms with van der Waals surface area (Å²) < 4.78 is 0. The van der Waals surface area contributed by atoms with E-state index in [1.54, 1.807) is 24.7 Å². The number of aromatic nitrogens is 2. The number of hydrogen-bond donors (Lipinski definition) is 2. The number of hydrogen-bond acceptors (Lipinski definition) is 8. The van der Waals surface area contributed by atoms with Crippen molar-refractivity contribution in [3.8, 4) is 0 Å². The summed E-state index contributed by atoms with van der Waals surface area (Å²) >= 11 is 0. The molecule has 9 nitrogen and oxygen atoms in total. The number of anilines is 2. The van der Waals surface area contributed by atoms with Gasteiger partial charge in [0.25, 0.3) is 5.91 Å². The highest BCUT2D eigenvalue weighted by molar-refractivity contribution is 6.06. The number of fused-ring (bicyclic) bond motifs is 1. The number of carbonyl (C=O) groups excluding carboxylic acids is 1. The van der Waals surface area contributed by atoms with Crippen molar-refractivity contribution in [1.29, 1.82) is 0 Å². The van der Waals surface area contributed by atoms with Crippen LogP contribution in [0.25, 0.3) is 10.8 Å². The van der Waals surface area contributed by atoms with Gasteiger partial charge in [0.05, 0.1) is 6.20 Å². The molecule has 1 amide bonds. The predicted octanol–water partition coefficient (Wildman–Crippen LogP) is 5.11. The first-order chi connectivity index (χ1) is 19.0. The number of rotatable bonds is 8. The van der Waals surface area contributed by atoms with Crippen LogP contribution in [0.2, 0.25) is 0 Å². The molecule has 1 aliphatic heterocycles. The van der Waals surface area contributed by atoms with Gasteiger partial charge in [-0.2, -0.15) is 0 Å². The molecule has 0 atom stereocenters. The van der Waals surface area contributed by atoms with Crippen LogP contribution in [0.3, 0.4) is 0 Å². The number of amides is 1. The van der Waals surface area contributed by atoms with E-state index >= 15 is 0 Å². The van der Waals surface area contributed by atoms with Crippen molar-refractivity contribution in [3.63, 3.8) is 0 Å². The fourth-order valence-electron chi connectivity index (χ4n) is 4.63. The Morgan fingerprint density at radius 1 is 1.02 bits per heavy atom. The van der Waals surface area contributed by atoms with E-state index < -0.39 is 0 Å². The van der Waals surface area contributed by atoms with Gasteiger partial charge in [-0.15, -0.1) is 0 Å². The standard InChI is InChI=1S/C31H40N8O/c1-21(2)38-12-14-39(15-13-38)29-18-24(10-11-33-29)30(40)36-27-17-26-16-23(8-9-25(26)19-34-27)22(3)35-28(20-32-7)37-31(4,5)6/h8-11,16-21,37H,7,12-15H2,1-6H3,(H,34,36,40)/b28-20+,35-22?. The Balaban J connectivity index is 1.50. The largest absolute Gasteiger partial charge is 0.364 e. The molecule has 3 heterocycles. The van der Waals surface area contributed by atoms with E-state index in [1.807, 2.05) is 37.3 Å². The minimum absolute atomic E-state index is 0.166. The molecule has 1 aromatic carbocycles. The van der Waals surface area contributed by atoms with Crippen LogP contribution in [0.1, 0.15) is 57.5 Å². The molecule has 0 bridgehead atoms. The minimum atomic E-state index is -0.217. The molecule has 40 heavy (non-hydrogen) atoms. The maximum absolute atomic E-state index is 13.1. The molecular formula is C31H40N8O. The van der Waals surface area contributed by atoms with Gasteiger partial charge in [0.2, 0.25) is 0 Å². The lowest BCUT2D eigenvalue weighted by Crippen LogP contribution is -2.49. The van der Waals surface area contributed by atoms with Crippen LogP contribution in [-0.4, -0.2) is 71.0 Å². The number of nitrogens with one attached hydrogen (secondary N) is 2. The van der Waals surface area contributed by atoms with Crippen LogP contribution in [0, 0.1) is 0 Å². The monoisotopic (exact) mass is 540 g/mol. The van der Waals surface area contributed by atoms with E-state index in [0.717, 1.165) is 54.0 Å². The quantitative estimate of drug-likeness (QED) is 0.386. The van der Waals surface area contributed by atoms with E-state index in [2.05, 4.69) is 76.7 Å². The molecule has 0 spiro atoms. The molecule has 0 saturated carbocycles. The maximum atomic E-state index is 13.1. The highest BCUT2D eigenvalue weighted by Gasteiger charge is 2.20. The molecule has 0 aliphatic carbocycles. The Hall–Kier alpha value is -4.11. The lowest BCUT2D eigenvalue weighted by molar-refractivity contribution is 0.102. The molecule has 3 aromatic rings.